The summed E-state index contributed by atoms with van der Waals surface area (Å²) in [7, 11) is -2.30. The predicted octanol–water partition coefficient (Wildman–Crippen LogP) is 5.72. The van der Waals surface area contributed by atoms with Crippen LogP contribution in [0, 0.1) is 0 Å². The van der Waals surface area contributed by atoms with Gasteiger partial charge in [0.15, 0.2) is 0 Å². The highest BCUT2D eigenvalue weighted by molar-refractivity contribution is 7.92. The number of nitrogens with one attached hydrogen (secondary N) is 1. The largest absolute Gasteiger partial charge is 0.439 e. The van der Waals surface area contributed by atoms with Gasteiger partial charge in [-0.15, -0.1) is 0 Å². The summed E-state index contributed by atoms with van der Waals surface area (Å²) in [6, 6.07) is 17.3. The number of nitrogens with zero attached hydrogens (tertiary/aromatic N) is 4. The molecule has 0 unspecified atom stereocenters. The van der Waals surface area contributed by atoms with Crippen LogP contribution in [0.2, 0.25) is 0 Å². The highest BCUT2D eigenvalue weighted by atomic mass is 32.2. The maximum Gasteiger partial charge on any atom is 0.267 e. The molecule has 0 aliphatic rings. The minimum Gasteiger partial charge on any atom is -0.439 e. The van der Waals surface area contributed by atoms with E-state index in [0.29, 0.717) is 17.3 Å². The van der Waals surface area contributed by atoms with Crippen LogP contribution in [0.1, 0.15) is 50.7 Å². The van der Waals surface area contributed by atoms with Crippen LogP contribution in [0.5, 0.6) is 11.6 Å². The normalized spacial score (nSPS) is 11.7. The SMILES string of the molecule is CC(C)c1ccccc1-c1nc(NS(=O)(=O)c2cnn(C)c2)nc(Oc2ccccc2)c1C(C)C. The fourth-order valence-electron chi connectivity index (χ4n) is 3.83. The number of hydrogen-bond acceptors (Lipinski definition) is 6. The van der Waals surface area contributed by atoms with E-state index in [-0.39, 0.29) is 22.7 Å². The van der Waals surface area contributed by atoms with Crippen molar-refractivity contribution in [1.29, 1.82) is 0 Å². The zero-order chi connectivity index (χ0) is 25.2. The van der Waals surface area contributed by atoms with E-state index < -0.39 is 10.0 Å². The maximum absolute atomic E-state index is 13.0. The molecular formula is C26H29N5O3S. The minimum atomic E-state index is -3.95. The number of anilines is 1. The highest BCUT2D eigenvalue weighted by Gasteiger charge is 2.25. The van der Waals surface area contributed by atoms with Crippen molar-refractivity contribution in [2.75, 3.05) is 4.72 Å². The van der Waals surface area contributed by atoms with Gasteiger partial charge in [-0.25, -0.2) is 18.1 Å². The van der Waals surface area contributed by atoms with E-state index in [2.05, 4.69) is 34.7 Å². The molecule has 0 radical (unpaired) electrons. The van der Waals surface area contributed by atoms with Gasteiger partial charge >= 0.3 is 0 Å². The van der Waals surface area contributed by atoms with E-state index in [0.717, 1.165) is 16.7 Å². The Labute approximate surface area is 206 Å². The molecule has 4 rings (SSSR count). The average molecular weight is 492 g/mol. The van der Waals surface area contributed by atoms with Gasteiger partial charge in [-0.3, -0.25) is 4.68 Å². The van der Waals surface area contributed by atoms with Crippen molar-refractivity contribution in [3.05, 3.63) is 78.1 Å². The van der Waals surface area contributed by atoms with Crippen LogP contribution < -0.4 is 9.46 Å². The molecule has 0 aliphatic heterocycles. The zero-order valence-electron chi connectivity index (χ0n) is 20.4. The molecule has 0 spiro atoms. The van der Waals surface area contributed by atoms with Crippen LogP contribution in [0.15, 0.2) is 71.9 Å². The van der Waals surface area contributed by atoms with Crippen molar-refractivity contribution in [2.45, 2.75) is 44.4 Å². The Balaban J connectivity index is 1.92. The minimum absolute atomic E-state index is 0.00733. The number of sulfonamides is 1. The molecule has 4 aromatic rings. The highest BCUT2D eigenvalue weighted by Crippen LogP contribution is 2.39. The summed E-state index contributed by atoms with van der Waals surface area (Å²) >= 11 is 0. The van der Waals surface area contributed by atoms with Gasteiger partial charge in [-0.05, 0) is 29.5 Å². The lowest BCUT2D eigenvalue weighted by atomic mass is 9.91. The lowest BCUT2D eigenvalue weighted by Gasteiger charge is -2.21. The Morgan fingerprint density at radius 1 is 0.914 bits per heavy atom. The van der Waals surface area contributed by atoms with Gasteiger partial charge in [0.1, 0.15) is 10.6 Å². The molecule has 1 N–H and O–H groups in total. The number of benzene rings is 2. The van der Waals surface area contributed by atoms with E-state index in [4.69, 9.17) is 9.72 Å². The quantitative estimate of drug-likeness (QED) is 0.339. The van der Waals surface area contributed by atoms with Gasteiger partial charge < -0.3 is 4.74 Å². The van der Waals surface area contributed by atoms with E-state index >= 15 is 0 Å². The fraction of sp³-hybridized carbons (Fsp3) is 0.269. The van der Waals surface area contributed by atoms with Crippen molar-refractivity contribution in [1.82, 2.24) is 19.7 Å². The smallest absolute Gasteiger partial charge is 0.267 e. The topological polar surface area (TPSA) is 99.0 Å². The zero-order valence-corrected chi connectivity index (χ0v) is 21.2. The Morgan fingerprint density at radius 2 is 1.60 bits per heavy atom. The molecule has 0 bridgehead atoms. The van der Waals surface area contributed by atoms with Gasteiger partial charge in [0.2, 0.25) is 11.8 Å². The second kappa shape index (κ2) is 9.87. The number of hydrogen-bond donors (Lipinski definition) is 1. The third-order valence-electron chi connectivity index (χ3n) is 5.50. The second-order valence-electron chi connectivity index (χ2n) is 8.88. The van der Waals surface area contributed by atoms with E-state index in [1.807, 2.05) is 62.4 Å². The standard InChI is InChI=1S/C26H29N5O3S/c1-17(2)21-13-9-10-14-22(21)24-23(18(3)4)25(34-19-11-7-6-8-12-19)29-26(28-24)30-35(32,33)20-15-27-31(5)16-20/h6-18H,1-5H3,(H,28,29,30). The molecule has 182 valence electrons. The van der Waals surface area contributed by atoms with Gasteiger partial charge in [-0.2, -0.15) is 10.1 Å². The van der Waals surface area contributed by atoms with E-state index in [1.165, 1.54) is 17.1 Å². The predicted molar refractivity (Wildman–Crippen MR) is 136 cm³/mol. The Morgan fingerprint density at radius 3 is 2.23 bits per heavy atom. The van der Waals surface area contributed by atoms with Gasteiger partial charge in [0, 0.05) is 24.4 Å². The Bertz CT molecular complexity index is 1430. The molecule has 0 atom stereocenters. The van der Waals surface area contributed by atoms with Crippen LogP contribution in [-0.4, -0.2) is 28.2 Å². The first-order valence-electron chi connectivity index (χ1n) is 11.4. The second-order valence-corrected chi connectivity index (χ2v) is 10.6. The third kappa shape index (κ3) is 5.35. The molecule has 35 heavy (non-hydrogen) atoms. The van der Waals surface area contributed by atoms with Crippen molar-refractivity contribution < 1.29 is 13.2 Å². The van der Waals surface area contributed by atoms with Crippen LogP contribution in [-0.2, 0) is 17.1 Å². The van der Waals surface area contributed by atoms with Crippen molar-refractivity contribution in [3.8, 4) is 22.9 Å². The Kier molecular flexibility index (Phi) is 6.88. The molecule has 2 heterocycles. The summed E-state index contributed by atoms with van der Waals surface area (Å²) in [6.45, 7) is 8.31. The number of ether oxygens (including phenoxy) is 1. The van der Waals surface area contributed by atoms with Crippen LogP contribution >= 0.6 is 0 Å². The summed E-state index contributed by atoms with van der Waals surface area (Å²) in [5.74, 6) is 1.07. The maximum atomic E-state index is 13.0. The molecular weight excluding hydrogens is 462 g/mol. The molecule has 0 fully saturated rings. The molecule has 0 saturated heterocycles. The first kappa shape index (κ1) is 24.4. The van der Waals surface area contributed by atoms with Gasteiger partial charge in [0.05, 0.1) is 11.9 Å². The first-order valence-corrected chi connectivity index (χ1v) is 12.9. The molecule has 2 aromatic heterocycles. The lowest BCUT2D eigenvalue weighted by Crippen LogP contribution is -2.16. The average Bonchev–Trinajstić information content (AvgIpc) is 3.26. The van der Waals surface area contributed by atoms with Crippen LogP contribution in [0.3, 0.4) is 0 Å². The number of para-hydroxylation sites is 1. The molecule has 0 amide bonds. The van der Waals surface area contributed by atoms with Crippen molar-refractivity contribution >= 4 is 16.0 Å². The molecule has 2 aromatic carbocycles. The van der Waals surface area contributed by atoms with E-state index in [1.54, 1.807) is 7.05 Å². The molecule has 0 saturated carbocycles. The summed E-state index contributed by atoms with van der Waals surface area (Å²) in [5, 5.41) is 3.96. The monoisotopic (exact) mass is 491 g/mol. The van der Waals surface area contributed by atoms with E-state index in [9.17, 15) is 8.42 Å². The summed E-state index contributed by atoms with van der Waals surface area (Å²) in [5.41, 5.74) is 3.44. The van der Waals surface area contributed by atoms with Crippen molar-refractivity contribution in [3.63, 3.8) is 0 Å². The lowest BCUT2D eigenvalue weighted by molar-refractivity contribution is 0.453. The van der Waals surface area contributed by atoms with Crippen LogP contribution in [0.4, 0.5) is 5.95 Å². The molecule has 0 aliphatic carbocycles. The third-order valence-corrected chi connectivity index (χ3v) is 6.78. The Hall–Kier alpha value is -3.72. The summed E-state index contributed by atoms with van der Waals surface area (Å²) in [6.07, 6.45) is 2.70. The van der Waals surface area contributed by atoms with Crippen LogP contribution in [0.25, 0.3) is 11.3 Å². The number of rotatable bonds is 8. The number of aromatic nitrogens is 4. The summed E-state index contributed by atoms with van der Waals surface area (Å²) in [4.78, 5) is 9.25. The molecule has 9 heteroatoms. The summed E-state index contributed by atoms with van der Waals surface area (Å²) < 4.78 is 36.2. The molecule has 8 nitrogen and oxygen atoms in total. The number of aryl methyl sites for hydroxylation is 1. The first-order chi connectivity index (χ1) is 16.7. The van der Waals surface area contributed by atoms with Gasteiger partial charge in [-0.1, -0.05) is 70.2 Å². The van der Waals surface area contributed by atoms with Crippen molar-refractivity contribution in [2.24, 2.45) is 7.05 Å². The van der Waals surface area contributed by atoms with Gasteiger partial charge in [0.25, 0.3) is 10.0 Å². The fourth-order valence-corrected chi connectivity index (χ4v) is 4.76.